The Kier molecular flexibility index (Phi) is 4.87. The van der Waals surface area contributed by atoms with Crippen LogP contribution in [0.4, 0.5) is 0 Å². The standard InChI is InChI=1S/C18H21N5OS/c1-22-18-14(12-24-13-15-5-2-3-7-19-15)9-23(11-17(18)20-21-22)10-16-6-4-8-25-16/h2-8,14H,9-13H2,1H3/t14-/m0/s1. The van der Waals surface area contributed by atoms with E-state index < -0.39 is 0 Å². The van der Waals surface area contributed by atoms with Crippen LogP contribution in [0, 0.1) is 0 Å². The molecule has 0 bridgehead atoms. The lowest BCUT2D eigenvalue weighted by Gasteiger charge is -2.31. The molecule has 25 heavy (non-hydrogen) atoms. The second-order valence-corrected chi connectivity index (χ2v) is 7.36. The molecule has 0 N–H and O–H groups in total. The molecule has 1 aliphatic heterocycles. The Bertz CT molecular complexity index is 802. The van der Waals surface area contributed by atoms with Gasteiger partial charge in [0, 0.05) is 43.7 Å². The third-order valence-corrected chi connectivity index (χ3v) is 5.30. The zero-order valence-corrected chi connectivity index (χ0v) is 15.0. The van der Waals surface area contributed by atoms with Crippen molar-refractivity contribution in [2.45, 2.75) is 25.6 Å². The first-order valence-corrected chi connectivity index (χ1v) is 9.28. The number of hydrogen-bond donors (Lipinski definition) is 0. The summed E-state index contributed by atoms with van der Waals surface area (Å²) >= 11 is 1.80. The first-order chi connectivity index (χ1) is 12.3. The molecule has 0 unspecified atom stereocenters. The smallest absolute Gasteiger partial charge is 0.100 e. The van der Waals surface area contributed by atoms with Gasteiger partial charge in [0.1, 0.15) is 5.69 Å². The fourth-order valence-electron chi connectivity index (χ4n) is 3.36. The van der Waals surface area contributed by atoms with Gasteiger partial charge in [0.2, 0.25) is 0 Å². The SMILES string of the molecule is Cn1nnc2c1[C@H](COCc1ccccn1)CN(Cc1cccs1)C2. The van der Waals surface area contributed by atoms with Crippen LogP contribution in [-0.4, -0.2) is 38.0 Å². The molecule has 0 amide bonds. The maximum atomic E-state index is 5.97. The van der Waals surface area contributed by atoms with E-state index in [9.17, 15) is 0 Å². The van der Waals surface area contributed by atoms with Crippen LogP contribution >= 0.6 is 11.3 Å². The molecule has 3 aromatic heterocycles. The molecule has 0 aromatic carbocycles. The quantitative estimate of drug-likeness (QED) is 0.680. The number of pyridine rings is 1. The van der Waals surface area contributed by atoms with Crippen LogP contribution in [0.5, 0.6) is 0 Å². The topological polar surface area (TPSA) is 56.1 Å². The Morgan fingerprint density at radius 1 is 1.28 bits per heavy atom. The number of thiophene rings is 1. The van der Waals surface area contributed by atoms with Gasteiger partial charge in [0.05, 0.1) is 24.6 Å². The van der Waals surface area contributed by atoms with Crippen molar-refractivity contribution in [2.24, 2.45) is 7.05 Å². The lowest BCUT2D eigenvalue weighted by molar-refractivity contribution is 0.0814. The number of hydrogen-bond acceptors (Lipinski definition) is 6. The summed E-state index contributed by atoms with van der Waals surface area (Å²) in [7, 11) is 1.96. The van der Waals surface area contributed by atoms with Gasteiger partial charge in [-0.3, -0.25) is 14.6 Å². The van der Waals surface area contributed by atoms with Gasteiger partial charge in [-0.1, -0.05) is 17.3 Å². The van der Waals surface area contributed by atoms with E-state index in [4.69, 9.17) is 4.74 Å². The number of aryl methyl sites for hydroxylation is 1. The molecule has 130 valence electrons. The van der Waals surface area contributed by atoms with Gasteiger partial charge in [-0.15, -0.1) is 16.4 Å². The number of aromatic nitrogens is 4. The van der Waals surface area contributed by atoms with Gasteiger partial charge in [-0.2, -0.15) is 0 Å². The van der Waals surface area contributed by atoms with E-state index in [0.717, 1.165) is 31.0 Å². The van der Waals surface area contributed by atoms with E-state index in [1.54, 1.807) is 17.5 Å². The second kappa shape index (κ2) is 7.43. The van der Waals surface area contributed by atoms with Crippen molar-refractivity contribution in [3.63, 3.8) is 0 Å². The minimum Gasteiger partial charge on any atom is -0.374 e. The average Bonchev–Trinajstić information content (AvgIpc) is 3.26. The Morgan fingerprint density at radius 3 is 3.04 bits per heavy atom. The highest BCUT2D eigenvalue weighted by Gasteiger charge is 2.30. The van der Waals surface area contributed by atoms with E-state index in [1.807, 2.05) is 29.9 Å². The Morgan fingerprint density at radius 2 is 2.24 bits per heavy atom. The van der Waals surface area contributed by atoms with Crippen LogP contribution in [0.15, 0.2) is 41.9 Å². The molecule has 0 radical (unpaired) electrons. The molecule has 3 aromatic rings. The maximum Gasteiger partial charge on any atom is 0.100 e. The maximum absolute atomic E-state index is 5.97. The zero-order valence-electron chi connectivity index (χ0n) is 14.2. The summed E-state index contributed by atoms with van der Waals surface area (Å²) in [4.78, 5) is 8.12. The number of rotatable bonds is 6. The molecule has 1 aliphatic rings. The predicted octanol–water partition coefficient (Wildman–Crippen LogP) is 2.59. The number of fused-ring (bicyclic) bond motifs is 1. The molecule has 0 fully saturated rings. The first kappa shape index (κ1) is 16.4. The van der Waals surface area contributed by atoms with E-state index in [-0.39, 0.29) is 5.92 Å². The van der Waals surface area contributed by atoms with Gasteiger partial charge in [-0.05, 0) is 23.6 Å². The van der Waals surface area contributed by atoms with Crippen molar-refractivity contribution in [3.05, 3.63) is 63.9 Å². The number of ether oxygens (including phenoxy) is 1. The molecule has 0 spiro atoms. The predicted molar refractivity (Wildman–Crippen MR) is 96.1 cm³/mol. The Labute approximate surface area is 151 Å². The fourth-order valence-corrected chi connectivity index (χ4v) is 4.10. The molecule has 6 nitrogen and oxygen atoms in total. The van der Waals surface area contributed by atoms with E-state index in [2.05, 4.69) is 37.7 Å². The molecule has 4 heterocycles. The van der Waals surface area contributed by atoms with Crippen LogP contribution in [-0.2, 0) is 31.5 Å². The summed E-state index contributed by atoms with van der Waals surface area (Å²) in [5.74, 6) is 0.271. The third-order valence-electron chi connectivity index (χ3n) is 4.44. The highest BCUT2D eigenvalue weighted by molar-refractivity contribution is 7.09. The molecule has 4 rings (SSSR count). The van der Waals surface area contributed by atoms with Crippen molar-refractivity contribution in [3.8, 4) is 0 Å². The lowest BCUT2D eigenvalue weighted by Crippen LogP contribution is -2.35. The number of nitrogens with zero attached hydrogens (tertiary/aromatic N) is 5. The van der Waals surface area contributed by atoms with Gasteiger partial charge in [0.25, 0.3) is 0 Å². The third kappa shape index (κ3) is 3.78. The Balaban J connectivity index is 1.44. The molecule has 0 saturated heterocycles. The molecule has 7 heteroatoms. The van der Waals surface area contributed by atoms with Gasteiger partial charge < -0.3 is 4.74 Å². The van der Waals surface area contributed by atoms with Crippen LogP contribution < -0.4 is 0 Å². The van der Waals surface area contributed by atoms with Crippen molar-refractivity contribution in [1.29, 1.82) is 0 Å². The van der Waals surface area contributed by atoms with E-state index >= 15 is 0 Å². The molecular weight excluding hydrogens is 334 g/mol. The summed E-state index contributed by atoms with van der Waals surface area (Å²) < 4.78 is 7.86. The van der Waals surface area contributed by atoms with Crippen molar-refractivity contribution < 1.29 is 4.74 Å². The minimum atomic E-state index is 0.271. The van der Waals surface area contributed by atoms with E-state index in [0.29, 0.717) is 13.2 Å². The van der Waals surface area contributed by atoms with Crippen LogP contribution in [0.25, 0.3) is 0 Å². The zero-order chi connectivity index (χ0) is 17.1. The van der Waals surface area contributed by atoms with Crippen LogP contribution in [0.2, 0.25) is 0 Å². The minimum absolute atomic E-state index is 0.271. The summed E-state index contributed by atoms with van der Waals surface area (Å²) in [6.45, 7) is 3.92. The molecule has 0 aliphatic carbocycles. The van der Waals surface area contributed by atoms with Crippen LogP contribution in [0.3, 0.4) is 0 Å². The van der Waals surface area contributed by atoms with Gasteiger partial charge >= 0.3 is 0 Å². The second-order valence-electron chi connectivity index (χ2n) is 6.33. The summed E-state index contributed by atoms with van der Waals surface area (Å²) in [6.07, 6.45) is 1.80. The highest BCUT2D eigenvalue weighted by Crippen LogP contribution is 2.28. The highest BCUT2D eigenvalue weighted by atomic mass is 32.1. The first-order valence-electron chi connectivity index (χ1n) is 8.40. The van der Waals surface area contributed by atoms with Gasteiger partial charge in [-0.25, -0.2) is 0 Å². The Hall–Kier alpha value is -2.09. The molecule has 1 atom stereocenters. The lowest BCUT2D eigenvalue weighted by atomic mass is 9.99. The fraction of sp³-hybridized carbons (Fsp3) is 0.389. The summed E-state index contributed by atoms with van der Waals surface area (Å²) in [6, 6.07) is 10.2. The van der Waals surface area contributed by atoms with Crippen molar-refractivity contribution in [2.75, 3.05) is 13.2 Å². The summed E-state index contributed by atoms with van der Waals surface area (Å²) in [5.41, 5.74) is 3.22. The summed E-state index contributed by atoms with van der Waals surface area (Å²) in [5, 5.41) is 10.7. The largest absolute Gasteiger partial charge is 0.374 e. The molecular formula is C18H21N5OS. The normalized spacial score (nSPS) is 17.6. The average molecular weight is 355 g/mol. The van der Waals surface area contributed by atoms with E-state index in [1.165, 1.54) is 10.6 Å². The monoisotopic (exact) mass is 355 g/mol. The van der Waals surface area contributed by atoms with Crippen LogP contribution in [0.1, 0.15) is 27.9 Å². The van der Waals surface area contributed by atoms with Crippen molar-refractivity contribution in [1.82, 2.24) is 24.9 Å². The van der Waals surface area contributed by atoms with Crippen molar-refractivity contribution >= 4 is 11.3 Å². The molecule has 0 saturated carbocycles. The van der Waals surface area contributed by atoms with Gasteiger partial charge in [0.15, 0.2) is 0 Å².